The van der Waals surface area contributed by atoms with Gasteiger partial charge in [0, 0.05) is 18.2 Å². The summed E-state index contributed by atoms with van der Waals surface area (Å²) in [7, 11) is -3.12. The van der Waals surface area contributed by atoms with Crippen LogP contribution in [0.4, 0.5) is 0 Å². The van der Waals surface area contributed by atoms with Crippen LogP contribution in [-0.2, 0) is 19.4 Å². The molecule has 8 nitrogen and oxygen atoms in total. The Labute approximate surface area is 169 Å². The van der Waals surface area contributed by atoms with Crippen molar-refractivity contribution >= 4 is 21.7 Å². The fourth-order valence-electron chi connectivity index (χ4n) is 3.34. The van der Waals surface area contributed by atoms with E-state index in [0.717, 1.165) is 5.56 Å². The molecule has 0 spiro atoms. The van der Waals surface area contributed by atoms with Gasteiger partial charge in [-0.2, -0.15) is 0 Å². The third-order valence-electron chi connectivity index (χ3n) is 4.77. The van der Waals surface area contributed by atoms with Gasteiger partial charge in [0.05, 0.1) is 11.5 Å². The highest BCUT2D eigenvalue weighted by molar-refractivity contribution is 7.91. The highest BCUT2D eigenvalue weighted by Crippen LogP contribution is 2.22. The third kappa shape index (κ3) is 5.03. The molecule has 156 valence electrons. The topological polar surface area (TPSA) is 107 Å². The molecule has 1 saturated heterocycles. The van der Waals surface area contributed by atoms with Crippen molar-refractivity contribution in [1.82, 2.24) is 9.88 Å². The minimum absolute atomic E-state index is 0.0159. The van der Waals surface area contributed by atoms with Gasteiger partial charge in [0.25, 0.3) is 5.91 Å². The number of benzene rings is 1. The molecule has 1 fully saturated rings. The molecule has 9 heteroatoms. The van der Waals surface area contributed by atoms with Gasteiger partial charge >= 0.3 is 5.97 Å². The maximum atomic E-state index is 12.6. The van der Waals surface area contributed by atoms with E-state index in [0.29, 0.717) is 31.0 Å². The van der Waals surface area contributed by atoms with Crippen molar-refractivity contribution in [3.63, 3.8) is 0 Å². The Morgan fingerprint density at radius 1 is 1.28 bits per heavy atom. The minimum Gasteiger partial charge on any atom is -0.451 e. The van der Waals surface area contributed by atoms with Gasteiger partial charge in [-0.25, -0.2) is 18.2 Å². The number of rotatable bonds is 7. The Morgan fingerprint density at radius 3 is 2.62 bits per heavy atom. The van der Waals surface area contributed by atoms with Gasteiger partial charge in [-0.05, 0) is 31.9 Å². The first kappa shape index (κ1) is 21.0. The molecular formula is C20H24N2O6S. The molecule has 0 unspecified atom stereocenters. The largest absolute Gasteiger partial charge is 0.451 e. The zero-order valence-electron chi connectivity index (χ0n) is 16.5. The number of nitrogens with zero attached hydrogens (tertiary/aromatic N) is 2. The predicted octanol–water partition coefficient (Wildman–Crippen LogP) is 2.23. The lowest BCUT2D eigenvalue weighted by atomic mass is 10.2. The van der Waals surface area contributed by atoms with Crippen LogP contribution in [0.5, 0.6) is 0 Å². The molecule has 1 aromatic carbocycles. The molecular weight excluding hydrogens is 396 g/mol. The van der Waals surface area contributed by atoms with Crippen molar-refractivity contribution in [3.05, 3.63) is 41.8 Å². The Morgan fingerprint density at radius 2 is 2.00 bits per heavy atom. The quantitative estimate of drug-likeness (QED) is 0.632. The lowest BCUT2D eigenvalue weighted by molar-refractivity contribution is -0.136. The van der Waals surface area contributed by atoms with E-state index >= 15 is 0 Å². The summed E-state index contributed by atoms with van der Waals surface area (Å²) in [6.45, 7) is 3.45. The van der Waals surface area contributed by atoms with Crippen LogP contribution in [0.2, 0.25) is 0 Å². The fourth-order valence-corrected chi connectivity index (χ4v) is 5.07. The molecule has 0 aliphatic carbocycles. The molecule has 1 atom stereocenters. The number of oxazole rings is 1. The number of sulfone groups is 1. The lowest BCUT2D eigenvalue weighted by Gasteiger charge is -2.27. The Bertz CT molecular complexity index is 984. The molecule has 29 heavy (non-hydrogen) atoms. The van der Waals surface area contributed by atoms with Crippen LogP contribution >= 0.6 is 0 Å². The molecule has 1 amide bonds. The molecule has 0 radical (unpaired) electrons. The van der Waals surface area contributed by atoms with Crippen LogP contribution in [0.1, 0.15) is 36.0 Å². The Kier molecular flexibility index (Phi) is 6.36. The molecule has 1 aromatic heterocycles. The Hall–Kier alpha value is -2.68. The van der Waals surface area contributed by atoms with E-state index in [9.17, 15) is 18.0 Å². The third-order valence-corrected chi connectivity index (χ3v) is 6.52. The van der Waals surface area contributed by atoms with Crippen LogP contribution in [0.15, 0.2) is 34.7 Å². The first-order chi connectivity index (χ1) is 13.8. The fraction of sp³-hybridized carbons (Fsp3) is 0.450. The molecule has 0 bridgehead atoms. The van der Waals surface area contributed by atoms with Gasteiger partial charge in [-0.15, -0.1) is 0 Å². The molecule has 2 heterocycles. The van der Waals surface area contributed by atoms with Gasteiger partial charge in [-0.3, -0.25) is 4.79 Å². The molecule has 1 aliphatic heterocycles. The lowest BCUT2D eigenvalue weighted by Crippen LogP contribution is -2.43. The molecule has 1 aliphatic rings. The zero-order chi connectivity index (χ0) is 21.0. The summed E-state index contributed by atoms with van der Waals surface area (Å²) in [6.07, 6.45) is 1.09. The molecule has 0 N–H and O–H groups in total. The number of carbonyl (C=O) groups excluding carboxylic acids is 2. The van der Waals surface area contributed by atoms with Crippen molar-refractivity contribution in [2.45, 2.75) is 32.7 Å². The number of aromatic nitrogens is 1. The van der Waals surface area contributed by atoms with Crippen molar-refractivity contribution < 1.29 is 27.2 Å². The molecule has 0 saturated carbocycles. The standard InChI is InChI=1S/C20H24N2O6S/c1-3-10-22(16-9-11-29(25,26)13-16)17(23)12-27-20(24)18-14(2)28-19(21-18)15-7-5-4-6-8-15/h4-8,16H,3,9-13H2,1-2H3/t16-/m0/s1. The second-order valence-electron chi connectivity index (χ2n) is 7.01. The van der Waals surface area contributed by atoms with Crippen molar-refractivity contribution in [2.24, 2.45) is 0 Å². The summed E-state index contributed by atoms with van der Waals surface area (Å²) >= 11 is 0. The number of esters is 1. The summed E-state index contributed by atoms with van der Waals surface area (Å²) in [6, 6.07) is 8.76. The summed E-state index contributed by atoms with van der Waals surface area (Å²) in [5.41, 5.74) is 0.740. The second kappa shape index (κ2) is 8.77. The summed E-state index contributed by atoms with van der Waals surface area (Å²) in [5, 5.41) is 0. The maximum absolute atomic E-state index is 12.6. The van der Waals surface area contributed by atoms with E-state index in [1.54, 1.807) is 6.92 Å². The first-order valence-corrected chi connectivity index (χ1v) is 11.3. The summed E-state index contributed by atoms with van der Waals surface area (Å²) < 4.78 is 34.2. The molecule has 2 aromatic rings. The monoisotopic (exact) mass is 420 g/mol. The number of carbonyl (C=O) groups is 2. The van der Waals surface area contributed by atoms with Gasteiger partial charge in [0.2, 0.25) is 5.89 Å². The van der Waals surface area contributed by atoms with Crippen molar-refractivity contribution in [2.75, 3.05) is 24.7 Å². The van der Waals surface area contributed by atoms with E-state index in [4.69, 9.17) is 9.15 Å². The van der Waals surface area contributed by atoms with Crippen molar-refractivity contribution in [3.8, 4) is 11.5 Å². The van der Waals surface area contributed by atoms with Gasteiger partial charge in [0.15, 0.2) is 22.1 Å². The minimum atomic E-state index is -3.12. The van der Waals surface area contributed by atoms with Gasteiger partial charge in [-0.1, -0.05) is 25.1 Å². The number of aryl methyl sites for hydroxylation is 1. The van der Waals surface area contributed by atoms with Gasteiger partial charge < -0.3 is 14.1 Å². The second-order valence-corrected chi connectivity index (χ2v) is 9.24. The number of hydrogen-bond donors (Lipinski definition) is 0. The smallest absolute Gasteiger partial charge is 0.361 e. The SMILES string of the molecule is CCCN(C(=O)COC(=O)c1nc(-c2ccccc2)oc1C)[C@H]1CCS(=O)(=O)C1. The number of hydrogen-bond acceptors (Lipinski definition) is 7. The van der Waals surface area contributed by atoms with Crippen molar-refractivity contribution in [1.29, 1.82) is 0 Å². The van der Waals surface area contributed by atoms with E-state index in [2.05, 4.69) is 4.98 Å². The van der Waals surface area contributed by atoms with E-state index < -0.39 is 28.3 Å². The van der Waals surface area contributed by atoms with E-state index in [1.807, 2.05) is 37.3 Å². The van der Waals surface area contributed by atoms with Crippen LogP contribution < -0.4 is 0 Å². The van der Waals surface area contributed by atoms with E-state index in [-0.39, 0.29) is 23.2 Å². The normalized spacial score (nSPS) is 17.8. The predicted molar refractivity (Wildman–Crippen MR) is 106 cm³/mol. The van der Waals surface area contributed by atoms with Crippen LogP contribution in [-0.4, -0.2) is 60.9 Å². The first-order valence-electron chi connectivity index (χ1n) is 9.50. The zero-order valence-corrected chi connectivity index (χ0v) is 17.3. The average molecular weight is 420 g/mol. The molecule has 3 rings (SSSR count). The number of amides is 1. The summed E-state index contributed by atoms with van der Waals surface area (Å²) in [5.74, 6) is -0.538. The average Bonchev–Trinajstić information content (AvgIpc) is 3.26. The summed E-state index contributed by atoms with van der Waals surface area (Å²) in [4.78, 5) is 30.7. The highest BCUT2D eigenvalue weighted by atomic mass is 32.2. The highest BCUT2D eigenvalue weighted by Gasteiger charge is 2.34. The van der Waals surface area contributed by atoms with Gasteiger partial charge in [0.1, 0.15) is 5.76 Å². The van der Waals surface area contributed by atoms with Crippen LogP contribution in [0, 0.1) is 6.92 Å². The number of ether oxygens (including phenoxy) is 1. The van der Waals surface area contributed by atoms with Crippen LogP contribution in [0.3, 0.4) is 0 Å². The van der Waals surface area contributed by atoms with E-state index in [1.165, 1.54) is 4.90 Å². The maximum Gasteiger partial charge on any atom is 0.361 e. The Balaban J connectivity index is 1.65. The van der Waals surface area contributed by atoms with Crippen LogP contribution in [0.25, 0.3) is 11.5 Å².